The number of carbonyl (C=O) groups is 3. The molecule has 2 saturated heterocycles. The maximum Gasteiger partial charge on any atom is 0.313 e. The largest absolute Gasteiger partial charge is 0.455 e. The maximum absolute atomic E-state index is 13.3. The Morgan fingerprint density at radius 1 is 1.27 bits per heavy atom. The van der Waals surface area contributed by atoms with Crippen molar-refractivity contribution in [2.45, 2.75) is 25.6 Å². The molecule has 1 spiro atoms. The lowest BCUT2D eigenvalue weighted by molar-refractivity contribution is -0.155. The number of anilines is 1. The number of hydrogen-bond acceptors (Lipinski definition) is 6. The number of nitrogens with one attached hydrogen (secondary N) is 1. The highest BCUT2D eigenvalue weighted by Crippen LogP contribution is 2.53. The molecular weight excluding hydrogens is 388 g/mol. The Balaban J connectivity index is 1.48. The van der Waals surface area contributed by atoms with Gasteiger partial charge in [0.15, 0.2) is 6.61 Å². The van der Waals surface area contributed by atoms with Gasteiger partial charge in [-0.1, -0.05) is 18.2 Å². The quantitative estimate of drug-likeness (QED) is 0.405. The zero-order chi connectivity index (χ0) is 21.5. The van der Waals surface area contributed by atoms with Gasteiger partial charge in [0, 0.05) is 19.3 Å². The van der Waals surface area contributed by atoms with Crippen LogP contribution in [-0.2, 0) is 28.6 Å². The highest BCUT2D eigenvalue weighted by atomic mass is 16.6. The lowest BCUT2D eigenvalue weighted by Crippen LogP contribution is -2.41. The molecule has 0 unspecified atom stereocenters. The predicted octanol–water partition coefficient (Wildman–Crippen LogP) is 0.896. The average molecular weight is 414 g/mol. The first kappa shape index (κ1) is 20.6. The summed E-state index contributed by atoms with van der Waals surface area (Å²) in [6.45, 7) is 4.63. The van der Waals surface area contributed by atoms with E-state index >= 15 is 0 Å². The van der Waals surface area contributed by atoms with Gasteiger partial charge in [0.25, 0.3) is 5.91 Å². The molecule has 1 aromatic rings. The summed E-state index contributed by atoms with van der Waals surface area (Å²) in [6.07, 6.45) is 3.20. The molecule has 8 heteroatoms. The Labute approximate surface area is 175 Å². The minimum absolute atomic E-state index is 0.154. The fourth-order valence-corrected chi connectivity index (χ4v) is 4.67. The van der Waals surface area contributed by atoms with Crippen molar-refractivity contribution in [3.63, 3.8) is 0 Å². The van der Waals surface area contributed by atoms with E-state index in [1.807, 2.05) is 44.2 Å². The topological polar surface area (TPSA) is 94.2 Å². The summed E-state index contributed by atoms with van der Waals surface area (Å²) in [6, 6.07) is 5.95. The van der Waals surface area contributed by atoms with Gasteiger partial charge >= 0.3 is 5.97 Å². The third-order valence-electron chi connectivity index (χ3n) is 5.86. The number of nitrogens with zero attached hydrogens (tertiary/aromatic N) is 1. The van der Waals surface area contributed by atoms with Crippen molar-refractivity contribution in [1.82, 2.24) is 5.32 Å². The molecule has 3 aliphatic rings. The van der Waals surface area contributed by atoms with Crippen molar-refractivity contribution >= 4 is 23.5 Å². The summed E-state index contributed by atoms with van der Waals surface area (Å²) in [5.41, 5.74) is 2.09. The van der Waals surface area contributed by atoms with Crippen LogP contribution in [0.25, 0.3) is 0 Å². The number of methoxy groups -OCH3 is 1. The summed E-state index contributed by atoms with van der Waals surface area (Å²) in [7, 11) is 1.53. The normalized spacial score (nSPS) is 28.7. The van der Waals surface area contributed by atoms with Crippen molar-refractivity contribution in [2.75, 3.05) is 38.3 Å². The van der Waals surface area contributed by atoms with Crippen molar-refractivity contribution < 1.29 is 28.6 Å². The van der Waals surface area contributed by atoms with E-state index in [1.54, 1.807) is 4.90 Å². The van der Waals surface area contributed by atoms with Crippen LogP contribution in [0.3, 0.4) is 0 Å². The van der Waals surface area contributed by atoms with Gasteiger partial charge in [-0.2, -0.15) is 0 Å². The third-order valence-corrected chi connectivity index (χ3v) is 5.86. The number of aryl methyl sites for hydroxylation is 2. The fourth-order valence-electron chi connectivity index (χ4n) is 4.67. The molecule has 0 saturated carbocycles. The second kappa shape index (κ2) is 7.85. The molecule has 2 amide bonds. The van der Waals surface area contributed by atoms with Crippen LogP contribution in [0.15, 0.2) is 30.4 Å². The molecule has 0 radical (unpaired) electrons. The Morgan fingerprint density at radius 2 is 2.00 bits per heavy atom. The molecule has 1 aromatic carbocycles. The molecule has 4 rings (SSSR count). The van der Waals surface area contributed by atoms with E-state index < -0.39 is 42.0 Å². The first-order valence-corrected chi connectivity index (χ1v) is 10.0. The number of ether oxygens (including phenoxy) is 3. The molecule has 0 aromatic heterocycles. The minimum atomic E-state index is -0.830. The molecule has 3 aliphatic heterocycles. The molecule has 0 aliphatic carbocycles. The second-order valence-corrected chi connectivity index (χ2v) is 8.12. The highest BCUT2D eigenvalue weighted by molar-refractivity contribution is 6.02. The van der Waals surface area contributed by atoms with Gasteiger partial charge in [0.1, 0.15) is 11.5 Å². The molecule has 1 N–H and O–H groups in total. The molecule has 2 fully saturated rings. The summed E-state index contributed by atoms with van der Waals surface area (Å²) in [4.78, 5) is 39.6. The van der Waals surface area contributed by atoms with Crippen molar-refractivity contribution in [3.05, 3.63) is 41.5 Å². The van der Waals surface area contributed by atoms with E-state index in [9.17, 15) is 14.4 Å². The van der Waals surface area contributed by atoms with Crippen LogP contribution in [-0.4, -0.2) is 62.9 Å². The van der Waals surface area contributed by atoms with Crippen LogP contribution in [0.5, 0.6) is 0 Å². The first-order valence-electron chi connectivity index (χ1n) is 10.0. The van der Waals surface area contributed by atoms with E-state index in [0.29, 0.717) is 19.7 Å². The smallest absolute Gasteiger partial charge is 0.313 e. The third kappa shape index (κ3) is 3.50. The van der Waals surface area contributed by atoms with E-state index in [4.69, 9.17) is 14.2 Å². The number of fused-ring (bicyclic) bond motifs is 1. The van der Waals surface area contributed by atoms with Gasteiger partial charge in [0.2, 0.25) is 5.91 Å². The van der Waals surface area contributed by atoms with Crippen LogP contribution >= 0.6 is 0 Å². The lowest BCUT2D eigenvalue weighted by atomic mass is 9.77. The number of rotatable bonds is 7. The van der Waals surface area contributed by atoms with Gasteiger partial charge in [-0.3, -0.25) is 14.4 Å². The molecule has 4 atom stereocenters. The van der Waals surface area contributed by atoms with Crippen LogP contribution in [0.2, 0.25) is 0 Å². The van der Waals surface area contributed by atoms with Gasteiger partial charge in [-0.05, 0) is 37.1 Å². The van der Waals surface area contributed by atoms with Crippen LogP contribution in [0, 0.1) is 25.7 Å². The van der Waals surface area contributed by atoms with Crippen molar-refractivity contribution in [2.24, 2.45) is 11.8 Å². The standard InChI is InChI=1S/C22H26N2O6/c1-13-8-14(2)10-15(9-13)24-12-22-5-4-16(30-22)18(19(22)20(24)26)21(27)29-11-17(25)23-6-7-28-3/h4-5,8-10,16,18-19H,6-7,11-12H2,1-3H3,(H,23,25)/t16-,18+,19-,22+/m1/s1. The first-order chi connectivity index (χ1) is 14.3. The predicted molar refractivity (Wildman–Crippen MR) is 108 cm³/mol. The number of amides is 2. The molecule has 160 valence electrons. The van der Waals surface area contributed by atoms with E-state index in [2.05, 4.69) is 5.32 Å². The fraction of sp³-hybridized carbons (Fsp3) is 0.500. The lowest BCUT2D eigenvalue weighted by Gasteiger charge is -2.22. The number of benzene rings is 1. The second-order valence-electron chi connectivity index (χ2n) is 8.12. The van der Waals surface area contributed by atoms with E-state index in [-0.39, 0.29) is 5.91 Å². The zero-order valence-electron chi connectivity index (χ0n) is 17.3. The van der Waals surface area contributed by atoms with E-state index in [0.717, 1.165) is 16.8 Å². The minimum Gasteiger partial charge on any atom is -0.455 e. The van der Waals surface area contributed by atoms with Gasteiger partial charge in [-0.15, -0.1) is 0 Å². The van der Waals surface area contributed by atoms with Gasteiger partial charge in [-0.25, -0.2) is 0 Å². The molecular formula is C22H26N2O6. The van der Waals surface area contributed by atoms with Crippen LogP contribution in [0.4, 0.5) is 5.69 Å². The summed E-state index contributed by atoms with van der Waals surface area (Å²) in [5, 5.41) is 2.59. The zero-order valence-corrected chi connectivity index (χ0v) is 17.3. The van der Waals surface area contributed by atoms with E-state index in [1.165, 1.54) is 7.11 Å². The molecule has 8 nitrogen and oxygen atoms in total. The Kier molecular flexibility index (Phi) is 5.38. The van der Waals surface area contributed by atoms with Gasteiger partial charge in [0.05, 0.1) is 25.2 Å². The SMILES string of the molecule is COCCNC(=O)COC(=O)[C@H]1[C@H]2C=C[C@@]3(CN(c4cc(C)cc(C)c4)C(=O)[C@@H]13)O2. The molecule has 2 bridgehead atoms. The van der Waals surface area contributed by atoms with Gasteiger partial charge < -0.3 is 24.4 Å². The van der Waals surface area contributed by atoms with Crippen molar-refractivity contribution in [1.29, 1.82) is 0 Å². The van der Waals surface area contributed by atoms with Crippen LogP contribution < -0.4 is 10.2 Å². The van der Waals surface area contributed by atoms with Crippen LogP contribution in [0.1, 0.15) is 11.1 Å². The highest BCUT2D eigenvalue weighted by Gasteiger charge is 2.67. The summed E-state index contributed by atoms with van der Waals surface area (Å²) < 4.78 is 16.2. The maximum atomic E-state index is 13.3. The Bertz CT molecular complexity index is 893. The number of carbonyl (C=O) groups excluding carboxylic acids is 3. The Morgan fingerprint density at radius 3 is 2.70 bits per heavy atom. The number of esters is 1. The summed E-state index contributed by atoms with van der Waals surface area (Å²) >= 11 is 0. The average Bonchev–Trinajstić information content (AvgIpc) is 3.34. The molecule has 30 heavy (non-hydrogen) atoms. The van der Waals surface area contributed by atoms with Crippen molar-refractivity contribution in [3.8, 4) is 0 Å². The number of hydrogen-bond donors (Lipinski definition) is 1. The summed E-state index contributed by atoms with van der Waals surface area (Å²) in [5.74, 6) is -2.57. The Hall–Kier alpha value is -2.71. The molecule has 3 heterocycles. The monoisotopic (exact) mass is 414 g/mol.